The molecule has 0 aliphatic carbocycles. The molecule has 5 heteroatoms. The molecule has 1 rings (SSSR count). The summed E-state index contributed by atoms with van der Waals surface area (Å²) in [4.78, 5) is 22.0. The van der Waals surface area contributed by atoms with Crippen molar-refractivity contribution in [2.75, 3.05) is 19.7 Å². The summed E-state index contributed by atoms with van der Waals surface area (Å²) in [6.45, 7) is 1.50. The molecule has 80 valence electrons. The van der Waals surface area contributed by atoms with E-state index >= 15 is 0 Å². The number of hydrogen-bond acceptors (Lipinski definition) is 3. The molecule has 0 aromatic carbocycles. The Labute approximate surface area is 82.6 Å². The van der Waals surface area contributed by atoms with Gasteiger partial charge in [0.15, 0.2) is 0 Å². The zero-order valence-corrected chi connectivity index (χ0v) is 8.02. The highest BCUT2D eigenvalue weighted by Gasteiger charge is 2.22. The van der Waals surface area contributed by atoms with Gasteiger partial charge in [-0.05, 0) is 12.8 Å². The molecule has 0 aromatic heterocycles. The molecule has 1 aliphatic heterocycles. The number of carboxylic acid groups (broad SMARTS) is 1. The maximum Gasteiger partial charge on any atom is 0.407 e. The number of likely N-dealkylation sites (tertiary alicyclic amines) is 1. The van der Waals surface area contributed by atoms with Crippen LogP contribution in [0.25, 0.3) is 0 Å². The van der Waals surface area contributed by atoms with Crippen LogP contribution in [0.5, 0.6) is 0 Å². The van der Waals surface area contributed by atoms with E-state index in [1.54, 1.807) is 0 Å². The number of rotatable bonds is 4. The van der Waals surface area contributed by atoms with Crippen LogP contribution in [0.4, 0.5) is 4.79 Å². The first-order valence-corrected chi connectivity index (χ1v) is 4.77. The highest BCUT2D eigenvalue weighted by molar-refractivity contribution is 5.64. The van der Waals surface area contributed by atoms with Gasteiger partial charge in [-0.25, -0.2) is 4.79 Å². The molecular formula is C9H15NO4. The lowest BCUT2D eigenvalue weighted by molar-refractivity contribution is -0.109. The summed E-state index contributed by atoms with van der Waals surface area (Å²) in [5.74, 6) is 0. The summed E-state index contributed by atoms with van der Waals surface area (Å²) < 4.78 is 5.40. The van der Waals surface area contributed by atoms with Crippen molar-refractivity contribution in [2.45, 2.75) is 25.4 Å². The first kappa shape index (κ1) is 11.0. The summed E-state index contributed by atoms with van der Waals surface area (Å²) in [6, 6.07) is 0. The quantitative estimate of drug-likeness (QED) is 0.538. The van der Waals surface area contributed by atoms with Gasteiger partial charge in [-0.15, -0.1) is 0 Å². The Morgan fingerprint density at radius 2 is 2.14 bits per heavy atom. The van der Waals surface area contributed by atoms with Crippen LogP contribution < -0.4 is 0 Å². The largest absolute Gasteiger partial charge is 0.465 e. The Hall–Kier alpha value is -1.10. The van der Waals surface area contributed by atoms with Gasteiger partial charge in [-0.2, -0.15) is 0 Å². The maximum absolute atomic E-state index is 10.6. The molecule has 1 saturated heterocycles. The molecule has 0 bridgehead atoms. The Balaban J connectivity index is 2.15. The lowest BCUT2D eigenvalue weighted by Crippen LogP contribution is -2.40. The molecule has 5 nitrogen and oxygen atoms in total. The third kappa shape index (κ3) is 3.33. The first-order valence-electron chi connectivity index (χ1n) is 4.77. The monoisotopic (exact) mass is 201 g/mol. The minimum atomic E-state index is -0.864. The molecule has 0 radical (unpaired) electrons. The van der Waals surface area contributed by atoms with Crippen LogP contribution in [-0.4, -0.2) is 48.2 Å². The fourth-order valence-electron chi connectivity index (χ4n) is 1.50. The van der Waals surface area contributed by atoms with Gasteiger partial charge >= 0.3 is 6.09 Å². The summed E-state index contributed by atoms with van der Waals surface area (Å²) in [6.07, 6.45) is 1.95. The summed E-state index contributed by atoms with van der Waals surface area (Å²) in [5.41, 5.74) is 0. The molecule has 1 N–H and O–H groups in total. The van der Waals surface area contributed by atoms with E-state index in [1.165, 1.54) is 4.90 Å². The van der Waals surface area contributed by atoms with Gasteiger partial charge in [-0.1, -0.05) is 0 Å². The van der Waals surface area contributed by atoms with E-state index in [0.717, 1.165) is 19.1 Å². The zero-order chi connectivity index (χ0) is 10.4. The third-order valence-electron chi connectivity index (χ3n) is 2.30. The average molecular weight is 201 g/mol. The number of aldehydes is 1. The van der Waals surface area contributed by atoms with Crippen LogP contribution in [0.1, 0.15) is 19.3 Å². The number of carbonyl (C=O) groups is 2. The van der Waals surface area contributed by atoms with Crippen LogP contribution in [0.15, 0.2) is 0 Å². The van der Waals surface area contributed by atoms with Gasteiger partial charge in [-0.3, -0.25) is 0 Å². The number of amides is 1. The minimum absolute atomic E-state index is 0.116. The van der Waals surface area contributed by atoms with Crippen LogP contribution in [-0.2, 0) is 9.53 Å². The molecule has 1 heterocycles. The van der Waals surface area contributed by atoms with Crippen LogP contribution in [0.2, 0.25) is 0 Å². The predicted octanol–water partition coefficient (Wildman–Crippen LogP) is 0.734. The van der Waals surface area contributed by atoms with E-state index < -0.39 is 6.09 Å². The van der Waals surface area contributed by atoms with Crippen molar-refractivity contribution in [3.63, 3.8) is 0 Å². The maximum atomic E-state index is 10.6. The first-order chi connectivity index (χ1) is 6.74. The second kappa shape index (κ2) is 5.59. The van der Waals surface area contributed by atoms with Gasteiger partial charge in [0.05, 0.1) is 12.7 Å². The van der Waals surface area contributed by atoms with Crippen LogP contribution >= 0.6 is 0 Å². The Bertz CT molecular complexity index is 199. The minimum Gasteiger partial charge on any atom is -0.465 e. The zero-order valence-electron chi connectivity index (χ0n) is 8.02. The van der Waals surface area contributed by atoms with E-state index in [-0.39, 0.29) is 6.10 Å². The SMILES string of the molecule is O=CCCOC1CCN(C(=O)O)CC1. The van der Waals surface area contributed by atoms with Crippen molar-refractivity contribution in [1.29, 1.82) is 0 Å². The average Bonchev–Trinajstić information content (AvgIpc) is 2.19. The predicted molar refractivity (Wildman–Crippen MR) is 49.3 cm³/mol. The molecule has 0 unspecified atom stereocenters. The fourth-order valence-corrected chi connectivity index (χ4v) is 1.50. The van der Waals surface area contributed by atoms with Crippen molar-refractivity contribution in [2.24, 2.45) is 0 Å². The number of hydrogen-bond donors (Lipinski definition) is 1. The van der Waals surface area contributed by atoms with E-state index in [2.05, 4.69) is 0 Å². The number of ether oxygens (including phenoxy) is 1. The molecule has 0 saturated carbocycles. The molecule has 14 heavy (non-hydrogen) atoms. The third-order valence-corrected chi connectivity index (χ3v) is 2.30. The standard InChI is InChI=1S/C9H15NO4/c11-6-1-7-14-8-2-4-10(5-3-8)9(12)13/h6,8H,1-5,7H2,(H,12,13). The normalized spacial score (nSPS) is 18.1. The second-order valence-electron chi connectivity index (χ2n) is 3.30. The molecule has 1 amide bonds. The van der Waals surface area contributed by atoms with Gasteiger partial charge in [0, 0.05) is 19.5 Å². The Morgan fingerprint density at radius 3 is 2.64 bits per heavy atom. The lowest BCUT2D eigenvalue weighted by atomic mass is 10.1. The molecule has 1 aliphatic rings. The van der Waals surface area contributed by atoms with Crippen LogP contribution in [0, 0.1) is 0 Å². The summed E-state index contributed by atoms with van der Waals surface area (Å²) >= 11 is 0. The van der Waals surface area contributed by atoms with E-state index in [9.17, 15) is 9.59 Å². The number of piperidine rings is 1. The van der Waals surface area contributed by atoms with Gasteiger partial charge in [0.2, 0.25) is 0 Å². The number of nitrogens with zero attached hydrogens (tertiary/aromatic N) is 1. The molecule has 0 spiro atoms. The summed E-state index contributed by atoms with van der Waals surface area (Å²) in [5, 5.41) is 8.68. The van der Waals surface area contributed by atoms with E-state index in [0.29, 0.717) is 26.1 Å². The topological polar surface area (TPSA) is 66.8 Å². The van der Waals surface area contributed by atoms with Crippen molar-refractivity contribution >= 4 is 12.4 Å². The van der Waals surface area contributed by atoms with Crippen molar-refractivity contribution < 1.29 is 19.4 Å². The van der Waals surface area contributed by atoms with Gasteiger partial charge in [0.1, 0.15) is 6.29 Å². The van der Waals surface area contributed by atoms with Crippen molar-refractivity contribution in [3.05, 3.63) is 0 Å². The fraction of sp³-hybridized carbons (Fsp3) is 0.778. The van der Waals surface area contributed by atoms with Crippen molar-refractivity contribution in [1.82, 2.24) is 4.90 Å². The molecule has 1 fully saturated rings. The molecule has 0 aromatic rings. The Kier molecular flexibility index (Phi) is 4.39. The Morgan fingerprint density at radius 1 is 1.50 bits per heavy atom. The molecular weight excluding hydrogens is 186 g/mol. The van der Waals surface area contributed by atoms with E-state index in [4.69, 9.17) is 9.84 Å². The van der Waals surface area contributed by atoms with E-state index in [1.807, 2.05) is 0 Å². The second-order valence-corrected chi connectivity index (χ2v) is 3.30. The number of carbonyl (C=O) groups excluding carboxylic acids is 1. The highest BCUT2D eigenvalue weighted by atomic mass is 16.5. The van der Waals surface area contributed by atoms with Crippen molar-refractivity contribution in [3.8, 4) is 0 Å². The highest BCUT2D eigenvalue weighted by Crippen LogP contribution is 2.13. The van der Waals surface area contributed by atoms with Crippen LogP contribution in [0.3, 0.4) is 0 Å². The smallest absolute Gasteiger partial charge is 0.407 e. The molecule has 0 atom stereocenters. The lowest BCUT2D eigenvalue weighted by Gasteiger charge is -2.29. The summed E-state index contributed by atoms with van der Waals surface area (Å²) in [7, 11) is 0. The van der Waals surface area contributed by atoms with Gasteiger partial charge in [0.25, 0.3) is 0 Å². The van der Waals surface area contributed by atoms with Gasteiger partial charge < -0.3 is 19.5 Å².